The molecule has 55 heavy (non-hydrogen) atoms. The van der Waals surface area contributed by atoms with Crippen molar-refractivity contribution in [1.29, 1.82) is 0 Å². The van der Waals surface area contributed by atoms with Crippen LogP contribution in [0, 0.1) is 28.6 Å². The molecule has 8 atom stereocenters. The van der Waals surface area contributed by atoms with E-state index in [1.165, 1.54) is 38.0 Å². The Kier molecular flexibility index (Phi) is 9.28. The number of methoxy groups -OCH3 is 2. The van der Waals surface area contributed by atoms with Crippen LogP contribution < -0.4 is 23.7 Å². The lowest BCUT2D eigenvalue weighted by atomic mass is 9.47. The SMILES string of the molecule is CCC(=O)OC1CCC2C3CCC4=CC(=O)CCC4(C)C3CCC12C.COc1cc2c(cc1OC)C1C(=O)c3c(O)cc4c(c3OC1CO2)C=CC(C)(C)O4. The van der Waals surface area contributed by atoms with Crippen molar-refractivity contribution >= 4 is 23.6 Å². The van der Waals surface area contributed by atoms with E-state index in [0.29, 0.717) is 63.9 Å². The minimum Gasteiger partial charge on any atom is -0.507 e. The second kappa shape index (κ2) is 13.6. The Labute approximate surface area is 323 Å². The number of Topliss-reactive ketones (excluding diaryl/α,β-unsaturated/α-hetero) is 1. The Hall–Kier alpha value is -4.47. The zero-order chi connectivity index (χ0) is 39.0. The number of carbonyl (C=O) groups is 3. The molecule has 0 spiro atoms. The van der Waals surface area contributed by atoms with Crippen LogP contribution in [0.3, 0.4) is 0 Å². The zero-order valence-corrected chi connectivity index (χ0v) is 33.1. The monoisotopic (exact) mass is 754 g/mol. The van der Waals surface area contributed by atoms with Gasteiger partial charge in [0.1, 0.15) is 53.0 Å². The molecule has 0 radical (unpaired) electrons. The van der Waals surface area contributed by atoms with Crippen molar-refractivity contribution in [3.8, 4) is 34.5 Å². The van der Waals surface area contributed by atoms with Crippen LogP contribution >= 0.6 is 0 Å². The summed E-state index contributed by atoms with van der Waals surface area (Å²) in [5.74, 6) is 3.75. The highest BCUT2D eigenvalue weighted by atomic mass is 16.6. The predicted octanol–water partition coefficient (Wildman–Crippen LogP) is 8.55. The summed E-state index contributed by atoms with van der Waals surface area (Å²) in [6, 6.07) is 4.92. The van der Waals surface area contributed by atoms with E-state index in [2.05, 4.69) is 13.8 Å². The zero-order valence-electron chi connectivity index (χ0n) is 33.1. The van der Waals surface area contributed by atoms with Crippen molar-refractivity contribution < 1.29 is 47.9 Å². The Morgan fingerprint density at radius 3 is 2.44 bits per heavy atom. The largest absolute Gasteiger partial charge is 0.507 e. The number of rotatable bonds is 4. The molecule has 3 saturated carbocycles. The number of ether oxygens (including phenoxy) is 6. The number of aromatic hydroxyl groups is 1. The first-order chi connectivity index (χ1) is 26.2. The number of hydrogen-bond acceptors (Lipinski definition) is 10. The van der Waals surface area contributed by atoms with Gasteiger partial charge in [-0.2, -0.15) is 0 Å². The molecular formula is C45H54O10. The number of fused-ring (bicyclic) bond motifs is 11. The number of esters is 1. The highest BCUT2D eigenvalue weighted by Gasteiger charge is 2.60. The van der Waals surface area contributed by atoms with Crippen molar-refractivity contribution in [2.24, 2.45) is 28.6 Å². The Balaban J connectivity index is 0.000000158. The number of phenols is 1. The molecule has 1 N–H and O–H groups in total. The van der Waals surface area contributed by atoms with Gasteiger partial charge < -0.3 is 33.5 Å². The van der Waals surface area contributed by atoms with Gasteiger partial charge in [0.2, 0.25) is 0 Å². The summed E-state index contributed by atoms with van der Waals surface area (Å²) in [6.45, 7) is 10.7. The van der Waals surface area contributed by atoms with Gasteiger partial charge in [0, 0.05) is 36.0 Å². The summed E-state index contributed by atoms with van der Waals surface area (Å²) in [7, 11) is 3.07. The summed E-state index contributed by atoms with van der Waals surface area (Å²) in [6.07, 6.45) is 14.5. The molecule has 0 bridgehead atoms. The normalized spacial score (nSPS) is 33.0. The molecule has 9 rings (SSSR count). The lowest BCUT2D eigenvalue weighted by Crippen LogP contribution is -2.51. The lowest BCUT2D eigenvalue weighted by molar-refractivity contribution is -0.159. The highest BCUT2D eigenvalue weighted by molar-refractivity contribution is 6.08. The van der Waals surface area contributed by atoms with E-state index >= 15 is 0 Å². The van der Waals surface area contributed by atoms with Gasteiger partial charge in [-0.3, -0.25) is 14.4 Å². The molecule has 3 fully saturated rings. The van der Waals surface area contributed by atoms with E-state index in [0.717, 1.165) is 38.0 Å². The summed E-state index contributed by atoms with van der Waals surface area (Å²) >= 11 is 0. The molecule has 7 aliphatic rings. The van der Waals surface area contributed by atoms with Crippen LogP contribution in [-0.2, 0) is 14.3 Å². The topological polar surface area (TPSA) is 127 Å². The van der Waals surface area contributed by atoms with Crippen LogP contribution in [0.5, 0.6) is 34.5 Å². The first-order valence-corrected chi connectivity index (χ1v) is 20.0. The number of carbonyl (C=O) groups excluding carboxylic acids is 3. The van der Waals surface area contributed by atoms with Crippen LogP contribution in [0.15, 0.2) is 35.9 Å². The minimum atomic E-state index is -0.630. The fourth-order valence-corrected chi connectivity index (χ4v) is 11.2. The van der Waals surface area contributed by atoms with Crippen molar-refractivity contribution in [1.82, 2.24) is 0 Å². The van der Waals surface area contributed by atoms with E-state index in [1.807, 2.05) is 39.0 Å². The molecule has 3 heterocycles. The van der Waals surface area contributed by atoms with Crippen LogP contribution in [0.4, 0.5) is 0 Å². The lowest BCUT2D eigenvalue weighted by Gasteiger charge is -2.57. The van der Waals surface area contributed by atoms with Gasteiger partial charge in [0.05, 0.1) is 25.7 Å². The number of phenolic OH excluding ortho intramolecular Hbond substituents is 1. The second-order valence-corrected chi connectivity index (χ2v) is 17.5. The van der Waals surface area contributed by atoms with E-state index in [1.54, 1.807) is 19.2 Å². The molecular weight excluding hydrogens is 700 g/mol. The molecule has 10 nitrogen and oxygen atoms in total. The number of benzene rings is 2. The molecule has 8 unspecified atom stereocenters. The van der Waals surface area contributed by atoms with E-state index in [-0.39, 0.29) is 46.6 Å². The first-order valence-electron chi connectivity index (χ1n) is 20.0. The first kappa shape index (κ1) is 37.5. The molecule has 2 aromatic rings. The summed E-state index contributed by atoms with van der Waals surface area (Å²) in [5, 5.41) is 10.7. The number of ketones is 2. The van der Waals surface area contributed by atoms with Crippen molar-refractivity contribution in [3.05, 3.63) is 52.6 Å². The molecule has 10 heteroatoms. The van der Waals surface area contributed by atoms with E-state index in [9.17, 15) is 19.5 Å². The molecule has 0 aromatic heterocycles. The van der Waals surface area contributed by atoms with Gasteiger partial charge in [0.25, 0.3) is 0 Å². The Morgan fingerprint density at radius 2 is 1.69 bits per heavy atom. The third-order valence-electron chi connectivity index (χ3n) is 14.1. The highest BCUT2D eigenvalue weighted by Crippen LogP contribution is 2.65. The maximum atomic E-state index is 13.6. The smallest absolute Gasteiger partial charge is 0.305 e. The average molecular weight is 755 g/mol. The van der Waals surface area contributed by atoms with Crippen LogP contribution in [0.25, 0.3) is 6.08 Å². The van der Waals surface area contributed by atoms with Gasteiger partial charge in [-0.1, -0.05) is 26.3 Å². The van der Waals surface area contributed by atoms with Crippen LogP contribution in [0.1, 0.15) is 120 Å². The quantitative estimate of drug-likeness (QED) is 0.304. The summed E-state index contributed by atoms with van der Waals surface area (Å²) in [5.41, 5.74) is 2.75. The third-order valence-corrected chi connectivity index (χ3v) is 14.1. The van der Waals surface area contributed by atoms with Gasteiger partial charge >= 0.3 is 5.97 Å². The summed E-state index contributed by atoms with van der Waals surface area (Å²) < 4.78 is 34.7. The van der Waals surface area contributed by atoms with Crippen molar-refractivity contribution in [3.63, 3.8) is 0 Å². The maximum absolute atomic E-state index is 13.6. The molecule has 2 aromatic carbocycles. The molecule has 0 saturated heterocycles. The Bertz CT molecular complexity index is 1990. The standard InChI is InChI=1S/C23H22O7.C22H32O3/c1-23(2)6-5-11-15(30-23)8-13(24)20-21(25)19-12-7-16(26-3)17(27-4)9-14(12)28-10-18(19)29-22(11)20;1-4-20(24)25-19-8-7-17-16-6-5-14-13-15(23)9-11-21(14,2)18(16)10-12-22(17,19)3/h5-9,18-19,24H,10H2,1-4H3;13,16-19H,4-12H2,1-3H3. The maximum Gasteiger partial charge on any atom is 0.305 e. The fourth-order valence-electron chi connectivity index (χ4n) is 11.2. The number of allylic oxidation sites excluding steroid dienone is 1. The van der Waals surface area contributed by atoms with Gasteiger partial charge in [0.15, 0.2) is 23.1 Å². The molecule has 4 aliphatic carbocycles. The predicted molar refractivity (Wildman–Crippen MR) is 205 cm³/mol. The molecule has 0 amide bonds. The second-order valence-electron chi connectivity index (χ2n) is 17.5. The van der Waals surface area contributed by atoms with Gasteiger partial charge in [-0.25, -0.2) is 0 Å². The van der Waals surface area contributed by atoms with Gasteiger partial charge in [-0.05, 0) is 106 Å². The number of hydrogen-bond donors (Lipinski definition) is 1. The minimum absolute atomic E-state index is 0.0411. The van der Waals surface area contributed by atoms with Crippen molar-refractivity contribution in [2.45, 2.75) is 116 Å². The van der Waals surface area contributed by atoms with Crippen molar-refractivity contribution in [2.75, 3.05) is 20.8 Å². The van der Waals surface area contributed by atoms with E-state index < -0.39 is 17.6 Å². The van der Waals surface area contributed by atoms with Gasteiger partial charge in [-0.15, -0.1) is 0 Å². The van der Waals surface area contributed by atoms with Crippen LogP contribution in [0.2, 0.25) is 0 Å². The molecule has 3 aliphatic heterocycles. The average Bonchev–Trinajstić information content (AvgIpc) is 3.49. The summed E-state index contributed by atoms with van der Waals surface area (Å²) in [4.78, 5) is 37.3. The molecule has 294 valence electrons. The third kappa shape index (κ3) is 6.09. The van der Waals surface area contributed by atoms with Crippen LogP contribution in [-0.4, -0.2) is 61.3 Å². The fraction of sp³-hybridized carbons (Fsp3) is 0.578. The Morgan fingerprint density at radius 1 is 0.927 bits per heavy atom. The van der Waals surface area contributed by atoms with E-state index in [4.69, 9.17) is 28.4 Å².